The highest BCUT2D eigenvalue weighted by Gasteiger charge is 2.01. The Balaban J connectivity index is 3.66. The second-order valence-electron chi connectivity index (χ2n) is 3.73. The van der Waals surface area contributed by atoms with Gasteiger partial charge in [-0.3, -0.25) is 0 Å². The second-order valence-corrected chi connectivity index (χ2v) is 3.73. The van der Waals surface area contributed by atoms with Gasteiger partial charge >= 0.3 is 0 Å². The molecule has 0 aliphatic carbocycles. The molecular formula is C10H20. The van der Waals surface area contributed by atoms with Crippen molar-refractivity contribution in [1.29, 1.82) is 0 Å². The van der Waals surface area contributed by atoms with Crippen LogP contribution in [0.1, 0.15) is 34.6 Å². The van der Waals surface area contributed by atoms with E-state index in [0.29, 0.717) is 5.92 Å². The lowest BCUT2D eigenvalue weighted by Crippen LogP contribution is -1.99. The van der Waals surface area contributed by atoms with Crippen LogP contribution in [0.5, 0.6) is 0 Å². The number of rotatable bonds is 3. The van der Waals surface area contributed by atoms with Crippen molar-refractivity contribution >= 4 is 0 Å². The van der Waals surface area contributed by atoms with Gasteiger partial charge < -0.3 is 0 Å². The summed E-state index contributed by atoms with van der Waals surface area (Å²) in [7, 11) is 0. The van der Waals surface area contributed by atoms with Crippen LogP contribution >= 0.6 is 0 Å². The minimum Gasteiger partial charge on any atom is -0.0857 e. The van der Waals surface area contributed by atoms with Crippen LogP contribution in [0.3, 0.4) is 0 Å². The highest BCUT2D eigenvalue weighted by molar-refractivity contribution is 4.89. The van der Waals surface area contributed by atoms with E-state index in [4.69, 9.17) is 0 Å². The van der Waals surface area contributed by atoms with Crippen molar-refractivity contribution in [2.24, 2.45) is 17.8 Å². The van der Waals surface area contributed by atoms with Crippen LogP contribution in [0, 0.1) is 17.8 Å². The zero-order chi connectivity index (χ0) is 8.15. The smallest absolute Gasteiger partial charge is 0.0239 e. The predicted octanol–water partition coefficient (Wildman–Crippen LogP) is 3.49. The predicted molar refractivity (Wildman–Crippen MR) is 48.0 cm³/mol. The molecule has 0 aromatic carbocycles. The van der Waals surface area contributed by atoms with Gasteiger partial charge in [-0.1, -0.05) is 46.8 Å². The van der Waals surface area contributed by atoms with Gasteiger partial charge in [-0.2, -0.15) is 0 Å². The second kappa shape index (κ2) is 4.54. The van der Waals surface area contributed by atoms with E-state index in [1.54, 1.807) is 0 Å². The third kappa shape index (κ3) is 4.60. The Labute approximate surface area is 65.3 Å². The summed E-state index contributed by atoms with van der Waals surface area (Å²) in [5, 5.41) is 0. The molecule has 0 nitrogen and oxygen atoms in total. The molecule has 0 radical (unpaired) electrons. The molecule has 0 fully saturated rings. The fraction of sp³-hybridized carbons (Fsp3) is 0.800. The molecule has 0 bridgehead atoms. The first kappa shape index (κ1) is 9.74. The Morgan fingerprint density at radius 2 is 1.30 bits per heavy atom. The van der Waals surface area contributed by atoms with Crippen LogP contribution in [0.15, 0.2) is 12.2 Å². The quantitative estimate of drug-likeness (QED) is 0.526. The first-order valence-electron chi connectivity index (χ1n) is 4.22. The van der Waals surface area contributed by atoms with E-state index in [9.17, 15) is 0 Å². The van der Waals surface area contributed by atoms with E-state index in [-0.39, 0.29) is 0 Å². The standard InChI is InChI=1S/C10H20/c1-8(2)6-7-10(5)9(3)4/h6-10H,1-5H3/b7-6+/t10-/m0/s1. The molecule has 0 N–H and O–H groups in total. The van der Waals surface area contributed by atoms with Crippen LogP contribution in [-0.2, 0) is 0 Å². The van der Waals surface area contributed by atoms with E-state index >= 15 is 0 Å². The summed E-state index contributed by atoms with van der Waals surface area (Å²) in [5.74, 6) is 2.19. The third-order valence-corrected chi connectivity index (χ3v) is 1.85. The zero-order valence-electron chi connectivity index (χ0n) is 7.89. The highest BCUT2D eigenvalue weighted by atomic mass is 14.1. The van der Waals surface area contributed by atoms with Gasteiger partial charge in [0.1, 0.15) is 0 Å². The molecule has 0 aliphatic heterocycles. The van der Waals surface area contributed by atoms with Gasteiger partial charge in [-0.15, -0.1) is 0 Å². The number of allylic oxidation sites excluding steroid dienone is 2. The van der Waals surface area contributed by atoms with E-state index in [1.165, 1.54) is 0 Å². The summed E-state index contributed by atoms with van der Waals surface area (Å²) < 4.78 is 0. The van der Waals surface area contributed by atoms with Crippen molar-refractivity contribution in [3.8, 4) is 0 Å². The molecular weight excluding hydrogens is 120 g/mol. The van der Waals surface area contributed by atoms with Crippen LogP contribution in [0.4, 0.5) is 0 Å². The molecule has 0 saturated heterocycles. The summed E-state index contributed by atoms with van der Waals surface area (Å²) in [6.45, 7) is 11.2. The summed E-state index contributed by atoms with van der Waals surface area (Å²) in [6, 6.07) is 0. The van der Waals surface area contributed by atoms with Gasteiger partial charge in [0.05, 0.1) is 0 Å². The maximum Gasteiger partial charge on any atom is -0.0239 e. The Kier molecular flexibility index (Phi) is 4.42. The van der Waals surface area contributed by atoms with Crippen LogP contribution in [-0.4, -0.2) is 0 Å². The lowest BCUT2D eigenvalue weighted by atomic mass is 9.96. The lowest BCUT2D eigenvalue weighted by Gasteiger charge is -2.09. The van der Waals surface area contributed by atoms with Crippen molar-refractivity contribution in [1.82, 2.24) is 0 Å². The number of hydrogen-bond donors (Lipinski definition) is 0. The summed E-state index contributed by atoms with van der Waals surface area (Å²) >= 11 is 0. The van der Waals surface area contributed by atoms with E-state index in [0.717, 1.165) is 11.8 Å². The maximum absolute atomic E-state index is 2.31. The molecule has 0 amide bonds. The van der Waals surface area contributed by atoms with E-state index in [2.05, 4.69) is 46.8 Å². The Morgan fingerprint density at radius 1 is 0.800 bits per heavy atom. The van der Waals surface area contributed by atoms with Gasteiger partial charge in [0.2, 0.25) is 0 Å². The first-order valence-corrected chi connectivity index (χ1v) is 4.22. The molecule has 0 unspecified atom stereocenters. The lowest BCUT2D eigenvalue weighted by molar-refractivity contribution is 0.501. The van der Waals surface area contributed by atoms with Crippen LogP contribution in [0.2, 0.25) is 0 Å². The van der Waals surface area contributed by atoms with Crippen LogP contribution < -0.4 is 0 Å². The molecule has 0 aromatic rings. The third-order valence-electron chi connectivity index (χ3n) is 1.85. The van der Waals surface area contributed by atoms with Gasteiger partial charge in [0.25, 0.3) is 0 Å². The molecule has 0 heteroatoms. The summed E-state index contributed by atoms with van der Waals surface area (Å²) in [5.41, 5.74) is 0. The van der Waals surface area contributed by atoms with E-state index < -0.39 is 0 Å². The molecule has 0 saturated carbocycles. The SMILES string of the molecule is CC(C)/C=C/[C@H](C)C(C)C. The monoisotopic (exact) mass is 140 g/mol. The maximum atomic E-state index is 2.31. The molecule has 10 heavy (non-hydrogen) atoms. The van der Waals surface area contributed by atoms with Crippen molar-refractivity contribution in [2.75, 3.05) is 0 Å². The van der Waals surface area contributed by atoms with Gasteiger partial charge in [0.15, 0.2) is 0 Å². The van der Waals surface area contributed by atoms with Crippen molar-refractivity contribution < 1.29 is 0 Å². The molecule has 0 aromatic heterocycles. The molecule has 0 aliphatic rings. The van der Waals surface area contributed by atoms with Crippen LogP contribution in [0.25, 0.3) is 0 Å². The number of hydrogen-bond acceptors (Lipinski definition) is 0. The van der Waals surface area contributed by atoms with Crippen molar-refractivity contribution in [3.05, 3.63) is 12.2 Å². The molecule has 60 valence electrons. The highest BCUT2D eigenvalue weighted by Crippen LogP contribution is 2.11. The summed E-state index contributed by atoms with van der Waals surface area (Å²) in [6.07, 6.45) is 4.60. The Morgan fingerprint density at radius 3 is 1.60 bits per heavy atom. The molecule has 0 spiro atoms. The average Bonchev–Trinajstić information content (AvgIpc) is 1.82. The first-order chi connectivity index (χ1) is 4.54. The fourth-order valence-electron chi connectivity index (χ4n) is 0.620. The van der Waals surface area contributed by atoms with E-state index in [1.807, 2.05) is 0 Å². The van der Waals surface area contributed by atoms with Gasteiger partial charge in [-0.25, -0.2) is 0 Å². The van der Waals surface area contributed by atoms with Crippen molar-refractivity contribution in [2.45, 2.75) is 34.6 Å². The molecule has 0 rings (SSSR count). The Hall–Kier alpha value is -0.260. The minimum absolute atomic E-state index is 0.696. The molecule has 0 heterocycles. The zero-order valence-corrected chi connectivity index (χ0v) is 7.89. The topological polar surface area (TPSA) is 0 Å². The summed E-state index contributed by atoms with van der Waals surface area (Å²) in [4.78, 5) is 0. The van der Waals surface area contributed by atoms with Crippen molar-refractivity contribution in [3.63, 3.8) is 0 Å². The Bertz CT molecular complexity index is 98.6. The molecule has 1 atom stereocenters. The fourth-order valence-corrected chi connectivity index (χ4v) is 0.620. The normalized spacial score (nSPS) is 15.5. The minimum atomic E-state index is 0.696. The van der Waals surface area contributed by atoms with Gasteiger partial charge in [-0.05, 0) is 17.8 Å². The largest absolute Gasteiger partial charge is 0.0857 e. The average molecular weight is 140 g/mol. The van der Waals surface area contributed by atoms with Gasteiger partial charge in [0, 0.05) is 0 Å².